The minimum atomic E-state index is -3.19. The van der Waals surface area contributed by atoms with Gasteiger partial charge in [0.15, 0.2) is 5.78 Å². The van der Waals surface area contributed by atoms with Crippen molar-refractivity contribution in [3.63, 3.8) is 0 Å². The van der Waals surface area contributed by atoms with Crippen LogP contribution in [0.5, 0.6) is 0 Å². The minimum absolute atomic E-state index is 0.0380. The lowest BCUT2D eigenvalue weighted by Gasteiger charge is -2.30. The lowest BCUT2D eigenvalue weighted by Crippen LogP contribution is -2.39. The number of nitrogens with two attached hydrogens (primary N) is 1. The van der Waals surface area contributed by atoms with Crippen LogP contribution in [-0.4, -0.2) is 37.9 Å². The Morgan fingerprint density at radius 2 is 2.19 bits per heavy atom. The van der Waals surface area contributed by atoms with Crippen LogP contribution in [0.1, 0.15) is 29.6 Å². The van der Waals surface area contributed by atoms with Crippen LogP contribution < -0.4 is 5.73 Å². The molecule has 0 bridgehead atoms. The molecule has 0 spiro atoms. The SMILES string of the molecule is CS(=O)(=O)N1CCCC(CC(=O)c2ccc(Cl)cc2N)C1. The summed E-state index contributed by atoms with van der Waals surface area (Å²) < 4.78 is 24.6. The number of carbonyl (C=O) groups is 1. The van der Waals surface area contributed by atoms with Crippen LogP contribution in [0.3, 0.4) is 0 Å². The Labute approximate surface area is 130 Å². The predicted octanol–water partition coefficient (Wildman–Crippen LogP) is 2.17. The number of hydrogen-bond donors (Lipinski definition) is 1. The minimum Gasteiger partial charge on any atom is -0.398 e. The quantitative estimate of drug-likeness (QED) is 0.677. The molecule has 21 heavy (non-hydrogen) atoms. The largest absolute Gasteiger partial charge is 0.398 e. The van der Waals surface area contributed by atoms with Crippen molar-refractivity contribution in [1.29, 1.82) is 0 Å². The van der Waals surface area contributed by atoms with Gasteiger partial charge in [0, 0.05) is 35.8 Å². The second-order valence-electron chi connectivity index (χ2n) is 5.49. The number of piperidine rings is 1. The van der Waals surface area contributed by atoms with Crippen molar-refractivity contribution in [1.82, 2.24) is 4.31 Å². The van der Waals surface area contributed by atoms with E-state index in [1.807, 2.05) is 0 Å². The molecule has 1 saturated heterocycles. The first-order valence-corrected chi connectivity index (χ1v) is 9.03. The van der Waals surface area contributed by atoms with Gasteiger partial charge in [-0.25, -0.2) is 12.7 Å². The van der Waals surface area contributed by atoms with Crippen LogP contribution in [0.2, 0.25) is 5.02 Å². The zero-order chi connectivity index (χ0) is 15.6. The maximum absolute atomic E-state index is 12.3. The van der Waals surface area contributed by atoms with Crippen LogP contribution in [0.4, 0.5) is 5.69 Å². The highest BCUT2D eigenvalue weighted by molar-refractivity contribution is 7.88. The molecule has 1 aromatic rings. The third-order valence-electron chi connectivity index (χ3n) is 3.74. The smallest absolute Gasteiger partial charge is 0.211 e. The number of carbonyl (C=O) groups excluding carboxylic acids is 1. The molecule has 5 nitrogen and oxygen atoms in total. The van der Waals surface area contributed by atoms with Crippen molar-refractivity contribution in [2.24, 2.45) is 5.92 Å². The van der Waals surface area contributed by atoms with E-state index in [0.29, 0.717) is 35.8 Å². The number of nitrogens with zero attached hydrogens (tertiary/aromatic N) is 1. The second-order valence-corrected chi connectivity index (χ2v) is 7.91. The van der Waals surface area contributed by atoms with Gasteiger partial charge < -0.3 is 5.73 Å². The Kier molecular flexibility index (Phi) is 4.91. The van der Waals surface area contributed by atoms with E-state index >= 15 is 0 Å². The average molecular weight is 331 g/mol. The van der Waals surface area contributed by atoms with Gasteiger partial charge in [-0.05, 0) is 37.0 Å². The highest BCUT2D eigenvalue weighted by atomic mass is 35.5. The van der Waals surface area contributed by atoms with Crippen LogP contribution in [0.15, 0.2) is 18.2 Å². The summed E-state index contributed by atoms with van der Waals surface area (Å²) in [5.74, 6) is -0.0272. The Morgan fingerprint density at radius 3 is 2.81 bits per heavy atom. The Hall–Kier alpha value is -1.11. The summed E-state index contributed by atoms with van der Waals surface area (Å²) in [4.78, 5) is 12.3. The molecule has 0 saturated carbocycles. The lowest BCUT2D eigenvalue weighted by molar-refractivity contribution is 0.0943. The molecule has 7 heteroatoms. The first-order valence-electron chi connectivity index (χ1n) is 6.80. The fourth-order valence-electron chi connectivity index (χ4n) is 2.65. The van der Waals surface area contributed by atoms with Gasteiger partial charge in [-0.15, -0.1) is 0 Å². The number of nitrogen functional groups attached to an aromatic ring is 1. The van der Waals surface area contributed by atoms with Gasteiger partial charge in [-0.2, -0.15) is 0 Å². The van der Waals surface area contributed by atoms with E-state index in [2.05, 4.69) is 0 Å². The molecule has 1 fully saturated rings. The molecule has 1 aromatic carbocycles. The van der Waals surface area contributed by atoms with E-state index in [-0.39, 0.29) is 11.7 Å². The number of hydrogen-bond acceptors (Lipinski definition) is 4. The normalized spacial score (nSPS) is 20.4. The van der Waals surface area contributed by atoms with Gasteiger partial charge in [0.1, 0.15) is 0 Å². The van der Waals surface area contributed by atoms with E-state index in [1.165, 1.54) is 10.6 Å². The van der Waals surface area contributed by atoms with Gasteiger partial charge in [0.25, 0.3) is 0 Å². The zero-order valence-electron chi connectivity index (χ0n) is 11.9. The summed E-state index contributed by atoms with van der Waals surface area (Å²) in [5.41, 5.74) is 6.63. The number of rotatable bonds is 4. The fourth-order valence-corrected chi connectivity index (χ4v) is 3.78. The summed E-state index contributed by atoms with van der Waals surface area (Å²) in [6.07, 6.45) is 3.14. The molecule has 1 unspecified atom stereocenters. The summed E-state index contributed by atoms with van der Waals surface area (Å²) in [7, 11) is -3.19. The van der Waals surface area contributed by atoms with Crippen molar-refractivity contribution >= 4 is 33.1 Å². The van der Waals surface area contributed by atoms with Crippen LogP contribution in [-0.2, 0) is 10.0 Å². The van der Waals surface area contributed by atoms with Gasteiger partial charge >= 0.3 is 0 Å². The van der Waals surface area contributed by atoms with Crippen molar-refractivity contribution < 1.29 is 13.2 Å². The molecule has 2 N–H and O–H groups in total. The van der Waals surface area contributed by atoms with Crippen LogP contribution in [0, 0.1) is 5.92 Å². The highest BCUT2D eigenvalue weighted by Gasteiger charge is 2.27. The van der Waals surface area contributed by atoms with Gasteiger partial charge in [0.2, 0.25) is 10.0 Å². The second kappa shape index (κ2) is 6.34. The number of ketones is 1. The molecule has 116 valence electrons. The number of benzene rings is 1. The third kappa shape index (κ3) is 4.18. The van der Waals surface area contributed by atoms with Gasteiger partial charge in [-0.1, -0.05) is 11.6 Å². The topological polar surface area (TPSA) is 80.5 Å². The number of halogens is 1. The Bertz CT molecular complexity index is 646. The first-order chi connectivity index (χ1) is 9.77. The van der Waals surface area contributed by atoms with Crippen molar-refractivity contribution in [2.45, 2.75) is 19.3 Å². The van der Waals surface area contributed by atoms with Crippen molar-refractivity contribution in [3.8, 4) is 0 Å². The van der Waals surface area contributed by atoms with Crippen molar-refractivity contribution in [3.05, 3.63) is 28.8 Å². The Balaban J connectivity index is 2.05. The van der Waals surface area contributed by atoms with Crippen LogP contribution in [0.25, 0.3) is 0 Å². The van der Waals surface area contributed by atoms with Gasteiger partial charge in [-0.3, -0.25) is 4.79 Å². The molecular weight excluding hydrogens is 312 g/mol. The van der Waals surface area contributed by atoms with E-state index in [4.69, 9.17) is 17.3 Å². The van der Waals surface area contributed by atoms with Crippen molar-refractivity contribution in [2.75, 3.05) is 25.1 Å². The molecule has 1 atom stereocenters. The monoisotopic (exact) mass is 330 g/mol. The Morgan fingerprint density at radius 1 is 1.48 bits per heavy atom. The first kappa shape index (κ1) is 16.3. The average Bonchev–Trinajstić information content (AvgIpc) is 2.37. The number of anilines is 1. The molecule has 0 radical (unpaired) electrons. The summed E-state index contributed by atoms with van der Waals surface area (Å²) in [6, 6.07) is 4.81. The number of Topliss-reactive ketones (excluding diaryl/α,β-unsaturated/α-hetero) is 1. The zero-order valence-corrected chi connectivity index (χ0v) is 13.5. The molecular formula is C14H19ClN2O3S. The number of sulfonamides is 1. The molecule has 0 aromatic heterocycles. The fraction of sp³-hybridized carbons (Fsp3) is 0.500. The highest BCUT2D eigenvalue weighted by Crippen LogP contribution is 2.25. The maximum atomic E-state index is 12.3. The molecule has 1 aliphatic rings. The van der Waals surface area contributed by atoms with Crippen LogP contribution >= 0.6 is 11.6 Å². The molecule has 0 aliphatic carbocycles. The standard InChI is InChI=1S/C14H19ClN2O3S/c1-21(19,20)17-6-2-3-10(9-17)7-14(18)12-5-4-11(15)8-13(12)16/h4-5,8,10H,2-3,6-7,9,16H2,1H3. The third-order valence-corrected chi connectivity index (χ3v) is 5.24. The lowest BCUT2D eigenvalue weighted by atomic mass is 9.91. The van der Waals surface area contributed by atoms with Gasteiger partial charge in [0.05, 0.1) is 6.26 Å². The van der Waals surface area contributed by atoms with E-state index < -0.39 is 10.0 Å². The summed E-state index contributed by atoms with van der Waals surface area (Å²) in [6.45, 7) is 0.935. The molecule has 0 amide bonds. The molecule has 2 rings (SSSR count). The van der Waals surface area contributed by atoms with E-state index in [0.717, 1.165) is 12.8 Å². The molecule has 1 heterocycles. The predicted molar refractivity (Wildman–Crippen MR) is 84.0 cm³/mol. The maximum Gasteiger partial charge on any atom is 0.211 e. The summed E-state index contributed by atoms with van der Waals surface area (Å²) in [5, 5.41) is 0.491. The van der Waals surface area contributed by atoms with E-state index in [9.17, 15) is 13.2 Å². The summed E-state index contributed by atoms with van der Waals surface area (Å²) >= 11 is 5.82. The van der Waals surface area contributed by atoms with E-state index in [1.54, 1.807) is 18.2 Å². The molecule has 1 aliphatic heterocycles.